The average molecular weight is 280 g/mol. The molecule has 0 saturated carbocycles. The van der Waals surface area contributed by atoms with Gasteiger partial charge in [-0.2, -0.15) is 0 Å². The van der Waals surface area contributed by atoms with Crippen LogP contribution in [-0.4, -0.2) is 36.5 Å². The van der Waals surface area contributed by atoms with Crippen molar-refractivity contribution >= 4 is 17.6 Å². The van der Waals surface area contributed by atoms with Crippen molar-refractivity contribution in [2.24, 2.45) is 0 Å². The monoisotopic (exact) mass is 280 g/mol. The topological polar surface area (TPSA) is 72.6 Å². The number of nitrogens with zero attached hydrogens (tertiary/aromatic N) is 1. The van der Waals surface area contributed by atoms with Crippen molar-refractivity contribution in [1.82, 2.24) is 4.90 Å². The molecule has 0 radical (unpaired) electrons. The zero-order valence-electron chi connectivity index (χ0n) is 11.3. The number of hydrogen-bond acceptors (Lipinski definition) is 4. The number of carbonyl (C=O) groups is 2. The van der Waals surface area contributed by atoms with E-state index < -0.39 is 11.8 Å². The molecule has 0 spiro atoms. The van der Waals surface area contributed by atoms with Crippen LogP contribution in [0.1, 0.15) is 28.8 Å². The highest BCUT2D eigenvalue weighted by atomic mass is 19.1. The number of likely N-dealkylation sites (tertiary alicyclic amines) is 1. The molecule has 0 aliphatic carbocycles. The van der Waals surface area contributed by atoms with Gasteiger partial charge in [0.1, 0.15) is 5.82 Å². The van der Waals surface area contributed by atoms with E-state index in [0.717, 1.165) is 18.9 Å². The first-order valence-electron chi connectivity index (χ1n) is 6.49. The third kappa shape index (κ3) is 3.07. The van der Waals surface area contributed by atoms with Gasteiger partial charge in [0.2, 0.25) is 0 Å². The lowest BCUT2D eigenvalue weighted by Gasteiger charge is -2.15. The van der Waals surface area contributed by atoms with E-state index >= 15 is 0 Å². The number of esters is 1. The van der Waals surface area contributed by atoms with Crippen LogP contribution >= 0.6 is 0 Å². The smallest absolute Gasteiger partial charge is 0.338 e. The van der Waals surface area contributed by atoms with Crippen molar-refractivity contribution in [2.45, 2.75) is 19.8 Å². The summed E-state index contributed by atoms with van der Waals surface area (Å²) >= 11 is 0. The Labute approximate surface area is 116 Å². The fraction of sp³-hybridized carbons (Fsp3) is 0.429. The molecule has 1 fully saturated rings. The SMILES string of the molecule is Cc1c(N)cc(C(=O)OCC(=O)N2CCCC2)cc1F. The van der Waals surface area contributed by atoms with Gasteiger partial charge in [-0.05, 0) is 31.9 Å². The predicted molar refractivity (Wildman–Crippen MR) is 71.6 cm³/mol. The molecule has 108 valence electrons. The summed E-state index contributed by atoms with van der Waals surface area (Å²) in [5.74, 6) is -1.54. The van der Waals surface area contributed by atoms with E-state index in [9.17, 15) is 14.0 Å². The molecular weight excluding hydrogens is 263 g/mol. The molecule has 5 nitrogen and oxygen atoms in total. The predicted octanol–water partition coefficient (Wildman–Crippen LogP) is 1.50. The molecule has 1 aromatic rings. The first-order valence-corrected chi connectivity index (χ1v) is 6.49. The second kappa shape index (κ2) is 5.90. The van der Waals surface area contributed by atoms with Crippen LogP contribution in [-0.2, 0) is 9.53 Å². The largest absolute Gasteiger partial charge is 0.452 e. The summed E-state index contributed by atoms with van der Waals surface area (Å²) in [5.41, 5.74) is 6.08. The summed E-state index contributed by atoms with van der Waals surface area (Å²) in [4.78, 5) is 25.1. The van der Waals surface area contributed by atoms with E-state index in [4.69, 9.17) is 10.5 Å². The number of benzene rings is 1. The molecule has 2 rings (SSSR count). The van der Waals surface area contributed by atoms with Crippen molar-refractivity contribution in [3.63, 3.8) is 0 Å². The van der Waals surface area contributed by atoms with Crippen LogP contribution in [0.15, 0.2) is 12.1 Å². The Morgan fingerprint density at radius 1 is 1.35 bits per heavy atom. The lowest BCUT2D eigenvalue weighted by Crippen LogP contribution is -2.32. The summed E-state index contributed by atoms with van der Waals surface area (Å²) in [5, 5.41) is 0. The summed E-state index contributed by atoms with van der Waals surface area (Å²) in [7, 11) is 0. The number of anilines is 1. The van der Waals surface area contributed by atoms with E-state index in [2.05, 4.69) is 0 Å². The minimum absolute atomic E-state index is 0.0137. The Hall–Kier alpha value is -2.11. The zero-order chi connectivity index (χ0) is 14.7. The Morgan fingerprint density at radius 3 is 2.60 bits per heavy atom. The van der Waals surface area contributed by atoms with Crippen molar-refractivity contribution in [3.05, 3.63) is 29.1 Å². The molecule has 2 N–H and O–H groups in total. The third-order valence-electron chi connectivity index (χ3n) is 3.41. The van der Waals surface area contributed by atoms with Crippen LogP contribution in [0.2, 0.25) is 0 Å². The van der Waals surface area contributed by atoms with Crippen LogP contribution in [0.4, 0.5) is 10.1 Å². The maximum absolute atomic E-state index is 13.5. The molecular formula is C14H17FN2O3. The number of rotatable bonds is 3. The Morgan fingerprint density at radius 2 is 2.00 bits per heavy atom. The summed E-state index contributed by atoms with van der Waals surface area (Å²) in [6, 6.07) is 2.41. The quantitative estimate of drug-likeness (QED) is 0.672. The van der Waals surface area contributed by atoms with Crippen molar-refractivity contribution in [1.29, 1.82) is 0 Å². The molecule has 1 saturated heterocycles. The molecule has 1 aliphatic heterocycles. The van der Waals surface area contributed by atoms with Gasteiger partial charge in [0.25, 0.3) is 5.91 Å². The molecule has 1 amide bonds. The first kappa shape index (κ1) is 14.3. The van der Waals surface area contributed by atoms with E-state index in [1.165, 1.54) is 13.0 Å². The van der Waals surface area contributed by atoms with E-state index in [-0.39, 0.29) is 29.3 Å². The van der Waals surface area contributed by atoms with Crippen LogP contribution in [0, 0.1) is 12.7 Å². The van der Waals surface area contributed by atoms with E-state index in [1.807, 2.05) is 0 Å². The van der Waals surface area contributed by atoms with Gasteiger partial charge in [-0.1, -0.05) is 0 Å². The maximum atomic E-state index is 13.5. The van der Waals surface area contributed by atoms with Gasteiger partial charge in [0.15, 0.2) is 6.61 Å². The number of carbonyl (C=O) groups excluding carboxylic acids is 2. The molecule has 20 heavy (non-hydrogen) atoms. The Bertz CT molecular complexity index is 516. The Balaban J connectivity index is 1.96. The van der Waals surface area contributed by atoms with Crippen LogP contribution < -0.4 is 5.73 Å². The number of amides is 1. The molecule has 0 atom stereocenters. The number of nitrogens with two attached hydrogens (primary N) is 1. The number of halogens is 1. The summed E-state index contributed by atoms with van der Waals surface area (Å²) < 4.78 is 18.4. The van der Waals surface area contributed by atoms with Gasteiger partial charge < -0.3 is 15.4 Å². The summed E-state index contributed by atoms with van der Waals surface area (Å²) in [6.07, 6.45) is 1.94. The maximum Gasteiger partial charge on any atom is 0.338 e. The van der Waals surface area contributed by atoms with Crippen molar-refractivity contribution in [2.75, 3.05) is 25.4 Å². The van der Waals surface area contributed by atoms with Gasteiger partial charge in [-0.15, -0.1) is 0 Å². The fourth-order valence-corrected chi connectivity index (χ4v) is 2.09. The first-order chi connectivity index (χ1) is 9.49. The second-order valence-corrected chi connectivity index (χ2v) is 4.84. The van der Waals surface area contributed by atoms with Crippen LogP contribution in [0.25, 0.3) is 0 Å². The minimum Gasteiger partial charge on any atom is -0.452 e. The number of ether oxygens (including phenoxy) is 1. The zero-order valence-corrected chi connectivity index (χ0v) is 11.3. The van der Waals surface area contributed by atoms with Gasteiger partial charge >= 0.3 is 5.97 Å². The molecule has 6 heteroatoms. The van der Waals surface area contributed by atoms with Gasteiger partial charge in [0, 0.05) is 24.3 Å². The van der Waals surface area contributed by atoms with Crippen molar-refractivity contribution < 1.29 is 18.7 Å². The minimum atomic E-state index is -0.747. The van der Waals surface area contributed by atoms with Crippen LogP contribution in [0.5, 0.6) is 0 Å². The highest BCUT2D eigenvalue weighted by molar-refractivity contribution is 5.92. The molecule has 1 aromatic carbocycles. The summed E-state index contributed by atoms with van der Waals surface area (Å²) in [6.45, 7) is 2.59. The molecule has 0 bridgehead atoms. The second-order valence-electron chi connectivity index (χ2n) is 4.84. The molecule has 0 aromatic heterocycles. The highest BCUT2D eigenvalue weighted by Gasteiger charge is 2.20. The van der Waals surface area contributed by atoms with Gasteiger partial charge in [-0.25, -0.2) is 9.18 Å². The lowest BCUT2D eigenvalue weighted by molar-refractivity contribution is -0.133. The van der Waals surface area contributed by atoms with E-state index in [0.29, 0.717) is 13.1 Å². The highest BCUT2D eigenvalue weighted by Crippen LogP contribution is 2.18. The molecule has 0 unspecified atom stereocenters. The van der Waals surface area contributed by atoms with Gasteiger partial charge in [0.05, 0.1) is 5.56 Å². The van der Waals surface area contributed by atoms with Crippen LogP contribution in [0.3, 0.4) is 0 Å². The van der Waals surface area contributed by atoms with Gasteiger partial charge in [-0.3, -0.25) is 4.79 Å². The van der Waals surface area contributed by atoms with E-state index in [1.54, 1.807) is 4.90 Å². The molecule has 1 heterocycles. The molecule has 1 aliphatic rings. The lowest BCUT2D eigenvalue weighted by atomic mass is 10.1. The van der Waals surface area contributed by atoms with Crippen molar-refractivity contribution in [3.8, 4) is 0 Å². The third-order valence-corrected chi connectivity index (χ3v) is 3.41. The standard InChI is InChI=1S/C14H17FN2O3/c1-9-11(15)6-10(7-12(9)16)14(19)20-8-13(18)17-4-2-3-5-17/h6-7H,2-5,8,16H2,1H3. The normalized spacial score (nSPS) is 14.4. The number of hydrogen-bond donors (Lipinski definition) is 1. The average Bonchev–Trinajstić information content (AvgIpc) is 2.95. The fourth-order valence-electron chi connectivity index (χ4n) is 2.09. The Kier molecular flexibility index (Phi) is 4.22. The number of nitrogen functional groups attached to an aromatic ring is 1.